The number of nitrogens with one attached hydrogen (secondary N) is 2. The summed E-state index contributed by atoms with van der Waals surface area (Å²) < 4.78 is 5.61. The first-order valence-electron chi connectivity index (χ1n) is 9.06. The Kier molecular flexibility index (Phi) is 6.16. The van der Waals surface area contributed by atoms with E-state index >= 15 is 0 Å². The van der Waals surface area contributed by atoms with E-state index in [4.69, 9.17) is 4.74 Å². The number of nitrogens with zero attached hydrogens (tertiary/aromatic N) is 3. The van der Waals surface area contributed by atoms with Crippen LogP contribution in [-0.2, 0) is 6.54 Å². The van der Waals surface area contributed by atoms with Gasteiger partial charge in [0.1, 0.15) is 11.4 Å². The maximum atomic E-state index is 12.6. The van der Waals surface area contributed by atoms with E-state index in [1.807, 2.05) is 45.0 Å². The molecule has 0 saturated heterocycles. The summed E-state index contributed by atoms with van der Waals surface area (Å²) in [4.78, 5) is 25.3. The summed E-state index contributed by atoms with van der Waals surface area (Å²) in [6, 6.07) is 12.7. The highest BCUT2D eigenvalue weighted by Gasteiger charge is 2.11. The van der Waals surface area contributed by atoms with E-state index in [2.05, 4.69) is 25.6 Å². The van der Waals surface area contributed by atoms with Gasteiger partial charge in [-0.3, -0.25) is 9.78 Å². The molecule has 2 heterocycles. The molecule has 7 nitrogen and oxygen atoms in total. The number of hydrogen-bond acceptors (Lipinski definition) is 6. The second kappa shape index (κ2) is 8.94. The predicted molar refractivity (Wildman–Crippen MR) is 108 cm³/mol. The lowest BCUT2D eigenvalue weighted by atomic mass is 10.2. The minimum Gasteiger partial charge on any atom is -0.491 e. The number of aromatic nitrogens is 3. The predicted octanol–water partition coefficient (Wildman–Crippen LogP) is 3.83. The Morgan fingerprint density at radius 3 is 2.61 bits per heavy atom. The van der Waals surface area contributed by atoms with Gasteiger partial charge in [-0.05, 0) is 62.7 Å². The van der Waals surface area contributed by atoms with Gasteiger partial charge in [0, 0.05) is 30.3 Å². The van der Waals surface area contributed by atoms with Crippen LogP contribution in [0.4, 0.5) is 11.6 Å². The highest BCUT2D eigenvalue weighted by Crippen LogP contribution is 2.18. The van der Waals surface area contributed by atoms with Gasteiger partial charge in [-0.2, -0.15) is 0 Å². The summed E-state index contributed by atoms with van der Waals surface area (Å²) >= 11 is 0. The van der Waals surface area contributed by atoms with Gasteiger partial charge in [-0.15, -0.1) is 0 Å². The third kappa shape index (κ3) is 5.51. The number of hydrogen-bond donors (Lipinski definition) is 2. The van der Waals surface area contributed by atoms with Gasteiger partial charge in [-0.1, -0.05) is 6.07 Å². The van der Waals surface area contributed by atoms with Crippen LogP contribution in [-0.4, -0.2) is 27.0 Å². The molecule has 0 spiro atoms. The summed E-state index contributed by atoms with van der Waals surface area (Å²) in [5.41, 5.74) is 2.67. The molecule has 2 aromatic heterocycles. The number of carbonyl (C=O) groups excluding carboxylic acids is 1. The van der Waals surface area contributed by atoms with Crippen molar-refractivity contribution in [1.82, 2.24) is 15.0 Å². The molecule has 7 heteroatoms. The monoisotopic (exact) mass is 377 g/mol. The zero-order valence-corrected chi connectivity index (χ0v) is 16.1. The molecule has 0 aliphatic carbocycles. The second-order valence-corrected chi connectivity index (χ2v) is 6.58. The van der Waals surface area contributed by atoms with Crippen LogP contribution >= 0.6 is 0 Å². The molecule has 0 fully saturated rings. The van der Waals surface area contributed by atoms with Crippen LogP contribution in [0.5, 0.6) is 5.75 Å². The third-order valence-electron chi connectivity index (χ3n) is 3.74. The van der Waals surface area contributed by atoms with E-state index in [0.29, 0.717) is 29.6 Å². The molecule has 3 rings (SSSR count). The van der Waals surface area contributed by atoms with Crippen molar-refractivity contribution in [2.24, 2.45) is 0 Å². The zero-order valence-electron chi connectivity index (χ0n) is 16.1. The fraction of sp³-hybridized carbons (Fsp3) is 0.238. The molecule has 1 amide bonds. The number of aryl methyl sites for hydroxylation is 1. The fourth-order valence-corrected chi connectivity index (χ4v) is 2.53. The van der Waals surface area contributed by atoms with E-state index in [1.54, 1.807) is 30.6 Å². The van der Waals surface area contributed by atoms with Crippen molar-refractivity contribution in [2.75, 3.05) is 10.6 Å². The third-order valence-corrected chi connectivity index (χ3v) is 3.74. The van der Waals surface area contributed by atoms with Crippen molar-refractivity contribution in [3.63, 3.8) is 0 Å². The Bertz CT molecular complexity index is 927. The van der Waals surface area contributed by atoms with Crippen LogP contribution in [0.15, 0.2) is 54.9 Å². The number of amides is 1. The maximum Gasteiger partial charge on any atom is 0.274 e. The molecule has 0 unspecified atom stereocenters. The second-order valence-electron chi connectivity index (χ2n) is 6.58. The largest absolute Gasteiger partial charge is 0.491 e. The first-order valence-corrected chi connectivity index (χ1v) is 9.06. The van der Waals surface area contributed by atoms with Gasteiger partial charge >= 0.3 is 0 Å². The van der Waals surface area contributed by atoms with E-state index in [0.717, 1.165) is 11.3 Å². The van der Waals surface area contributed by atoms with Crippen LogP contribution in [0, 0.1) is 6.92 Å². The highest BCUT2D eigenvalue weighted by atomic mass is 16.5. The minimum atomic E-state index is -0.299. The lowest BCUT2D eigenvalue weighted by molar-refractivity contribution is 0.102. The summed E-state index contributed by atoms with van der Waals surface area (Å²) in [6.07, 6.45) is 3.58. The molecule has 0 aliphatic rings. The normalized spacial score (nSPS) is 10.6. The maximum absolute atomic E-state index is 12.6. The average Bonchev–Trinajstić information content (AvgIpc) is 2.68. The zero-order chi connectivity index (χ0) is 19.9. The molecule has 0 saturated carbocycles. The Labute approximate surface area is 164 Å². The van der Waals surface area contributed by atoms with Crippen LogP contribution in [0.3, 0.4) is 0 Å². The molecule has 0 atom stereocenters. The quantitative estimate of drug-likeness (QED) is 0.650. The van der Waals surface area contributed by atoms with Gasteiger partial charge in [0.25, 0.3) is 5.91 Å². The first-order chi connectivity index (χ1) is 13.5. The molecule has 2 N–H and O–H groups in total. The molecular weight excluding hydrogens is 354 g/mol. The summed E-state index contributed by atoms with van der Waals surface area (Å²) in [5, 5.41) is 5.97. The van der Waals surface area contributed by atoms with Crippen LogP contribution in [0.25, 0.3) is 0 Å². The molecule has 0 bridgehead atoms. The number of rotatable bonds is 7. The summed E-state index contributed by atoms with van der Waals surface area (Å²) in [6.45, 7) is 6.28. The topological polar surface area (TPSA) is 89.0 Å². The van der Waals surface area contributed by atoms with Crippen molar-refractivity contribution in [3.05, 3.63) is 71.8 Å². The van der Waals surface area contributed by atoms with Crippen molar-refractivity contribution < 1.29 is 9.53 Å². The molecular formula is C21H23N5O2. The first kappa shape index (κ1) is 19.3. The summed E-state index contributed by atoms with van der Waals surface area (Å²) in [5.74, 6) is 0.856. The van der Waals surface area contributed by atoms with Crippen molar-refractivity contribution in [1.29, 1.82) is 0 Å². The highest BCUT2D eigenvalue weighted by molar-refractivity contribution is 6.03. The number of carbonyl (C=O) groups is 1. The smallest absolute Gasteiger partial charge is 0.274 e. The standard InChI is InChI=1S/C21H23N5O2/c1-14(2)28-18-8-6-17(7-9-18)25-20(27)19-11-15(3)24-21(26-19)23-13-16-5-4-10-22-12-16/h4-12,14H,13H2,1-3H3,(H,25,27)(H,23,24,26). The van der Waals surface area contributed by atoms with Crippen LogP contribution < -0.4 is 15.4 Å². The molecule has 1 aromatic carbocycles. The Hall–Kier alpha value is -3.48. The molecule has 0 radical (unpaired) electrons. The number of anilines is 2. The van der Waals surface area contributed by atoms with E-state index in [1.165, 1.54) is 0 Å². The van der Waals surface area contributed by atoms with E-state index in [-0.39, 0.29) is 12.0 Å². The van der Waals surface area contributed by atoms with Gasteiger partial charge in [0.15, 0.2) is 0 Å². The van der Waals surface area contributed by atoms with Crippen molar-refractivity contribution in [2.45, 2.75) is 33.4 Å². The van der Waals surface area contributed by atoms with Crippen LogP contribution in [0.2, 0.25) is 0 Å². The number of benzene rings is 1. The number of ether oxygens (including phenoxy) is 1. The van der Waals surface area contributed by atoms with E-state index < -0.39 is 0 Å². The summed E-state index contributed by atoms with van der Waals surface area (Å²) in [7, 11) is 0. The van der Waals surface area contributed by atoms with Gasteiger partial charge in [-0.25, -0.2) is 9.97 Å². The van der Waals surface area contributed by atoms with Crippen LogP contribution in [0.1, 0.15) is 35.6 Å². The Morgan fingerprint density at radius 1 is 1.14 bits per heavy atom. The SMILES string of the molecule is Cc1cc(C(=O)Nc2ccc(OC(C)C)cc2)nc(NCc2cccnc2)n1. The fourth-order valence-electron chi connectivity index (χ4n) is 2.53. The average molecular weight is 377 g/mol. The molecule has 0 aliphatic heterocycles. The van der Waals surface area contributed by atoms with Gasteiger partial charge < -0.3 is 15.4 Å². The molecule has 3 aromatic rings. The number of pyridine rings is 1. The van der Waals surface area contributed by atoms with Crippen molar-refractivity contribution >= 4 is 17.5 Å². The Morgan fingerprint density at radius 2 is 1.93 bits per heavy atom. The van der Waals surface area contributed by atoms with E-state index in [9.17, 15) is 4.79 Å². The lowest BCUT2D eigenvalue weighted by Crippen LogP contribution is -2.16. The minimum absolute atomic E-state index is 0.0991. The molecule has 28 heavy (non-hydrogen) atoms. The Balaban J connectivity index is 1.66. The van der Waals surface area contributed by atoms with Crippen molar-refractivity contribution in [3.8, 4) is 5.75 Å². The van der Waals surface area contributed by atoms with Gasteiger partial charge in [0.05, 0.1) is 6.10 Å². The van der Waals surface area contributed by atoms with Gasteiger partial charge in [0.2, 0.25) is 5.95 Å². The lowest BCUT2D eigenvalue weighted by Gasteiger charge is -2.11. The molecule has 144 valence electrons.